The lowest BCUT2D eigenvalue weighted by molar-refractivity contribution is -0.273. The van der Waals surface area contributed by atoms with Crippen LogP contribution in [0.3, 0.4) is 0 Å². The maximum absolute atomic E-state index is 11.2. The average molecular weight is 358 g/mol. The van der Waals surface area contributed by atoms with Gasteiger partial charge in [0.2, 0.25) is 6.29 Å². The molecule has 2 rings (SSSR count). The number of aryl methyl sites for hydroxylation is 1. The molecule has 1 saturated heterocycles. The molecule has 0 bridgehead atoms. The van der Waals surface area contributed by atoms with Crippen LogP contribution in [-0.4, -0.2) is 21.3 Å². The van der Waals surface area contributed by atoms with Gasteiger partial charge in [-0.05, 0) is 24.5 Å². The molecule has 0 radical (unpaired) electrons. The highest BCUT2D eigenvalue weighted by molar-refractivity contribution is 7.81. The Labute approximate surface area is 144 Å². The molecule has 1 unspecified atom stereocenters. The minimum Gasteiger partial charge on any atom is -0.461 e. The third-order valence-corrected chi connectivity index (χ3v) is 4.55. The summed E-state index contributed by atoms with van der Waals surface area (Å²) < 4.78 is 36.8. The first kappa shape index (κ1) is 19.2. The second-order valence-electron chi connectivity index (χ2n) is 5.88. The Morgan fingerprint density at radius 3 is 2.54 bits per heavy atom. The van der Waals surface area contributed by atoms with Gasteiger partial charge in [0.15, 0.2) is 0 Å². The van der Waals surface area contributed by atoms with Gasteiger partial charge in [0.05, 0.1) is 0 Å². The van der Waals surface area contributed by atoms with Gasteiger partial charge in [0.1, 0.15) is 12.4 Å². The molecule has 1 aliphatic rings. The van der Waals surface area contributed by atoms with Gasteiger partial charge in [0.25, 0.3) is 0 Å². The summed E-state index contributed by atoms with van der Waals surface area (Å²) in [4.78, 5) is 4.52. The predicted octanol–water partition coefficient (Wildman–Crippen LogP) is 3.91. The van der Waals surface area contributed by atoms with Crippen LogP contribution in [0.2, 0.25) is 0 Å². The van der Waals surface area contributed by atoms with Crippen molar-refractivity contribution in [2.75, 3.05) is 6.61 Å². The Morgan fingerprint density at radius 2 is 1.79 bits per heavy atom. The number of para-hydroxylation sites is 1. The summed E-state index contributed by atoms with van der Waals surface area (Å²) in [7, 11) is -4.14. The SMILES string of the molecule is CCCCCCCCCc1ccccc1OC1COOS(=O)(=O)O1. The van der Waals surface area contributed by atoms with Crippen molar-refractivity contribution in [1.29, 1.82) is 0 Å². The van der Waals surface area contributed by atoms with E-state index in [2.05, 4.69) is 16.1 Å². The van der Waals surface area contributed by atoms with E-state index < -0.39 is 16.7 Å². The highest BCUT2D eigenvalue weighted by Gasteiger charge is 2.29. The van der Waals surface area contributed by atoms with Crippen LogP contribution in [-0.2, 0) is 30.2 Å². The maximum atomic E-state index is 11.2. The van der Waals surface area contributed by atoms with Crippen molar-refractivity contribution >= 4 is 10.4 Å². The standard InChI is InChI=1S/C17H26O6S/c1-2-3-4-5-6-7-8-11-15-12-9-10-13-16(15)21-17-14-20-23-24(18,19)22-17/h9-10,12-13,17H,2-8,11,14H2,1H3. The van der Waals surface area contributed by atoms with Crippen LogP contribution in [0.1, 0.15) is 57.4 Å². The molecule has 1 atom stereocenters. The van der Waals surface area contributed by atoms with Gasteiger partial charge in [-0.25, -0.2) is 9.07 Å². The van der Waals surface area contributed by atoms with E-state index >= 15 is 0 Å². The molecule has 7 heteroatoms. The molecule has 0 aromatic heterocycles. The molecule has 1 heterocycles. The molecule has 0 amide bonds. The minimum absolute atomic E-state index is 0.106. The van der Waals surface area contributed by atoms with Crippen LogP contribution < -0.4 is 4.74 Å². The zero-order chi connectivity index (χ0) is 17.3. The quantitative estimate of drug-likeness (QED) is 0.466. The fourth-order valence-corrected chi connectivity index (χ4v) is 3.17. The first-order chi connectivity index (χ1) is 11.6. The molecular weight excluding hydrogens is 332 g/mol. The van der Waals surface area contributed by atoms with Crippen molar-refractivity contribution in [1.82, 2.24) is 0 Å². The molecule has 0 spiro atoms. The highest BCUT2D eigenvalue weighted by atomic mass is 32.3. The fraction of sp³-hybridized carbons (Fsp3) is 0.647. The second-order valence-corrected chi connectivity index (χ2v) is 7.03. The van der Waals surface area contributed by atoms with Gasteiger partial charge in [-0.3, -0.25) is 0 Å². The Hall–Kier alpha value is -1.15. The van der Waals surface area contributed by atoms with Crippen LogP contribution in [0.15, 0.2) is 24.3 Å². The molecule has 1 aliphatic heterocycles. The normalized spacial score (nSPS) is 20.0. The predicted molar refractivity (Wildman–Crippen MR) is 89.6 cm³/mol. The number of rotatable bonds is 10. The zero-order valence-electron chi connectivity index (χ0n) is 14.1. The van der Waals surface area contributed by atoms with Gasteiger partial charge in [0, 0.05) is 0 Å². The maximum Gasteiger partial charge on any atom is 0.430 e. The van der Waals surface area contributed by atoms with E-state index in [0.717, 1.165) is 18.4 Å². The Balaban J connectivity index is 1.79. The monoisotopic (exact) mass is 358 g/mol. The lowest BCUT2D eigenvalue weighted by Gasteiger charge is -2.22. The molecule has 0 N–H and O–H groups in total. The molecular formula is C17H26O6S. The number of unbranched alkanes of at least 4 members (excludes halogenated alkanes) is 6. The molecule has 0 aliphatic carbocycles. The third kappa shape index (κ3) is 6.76. The fourth-order valence-electron chi connectivity index (χ4n) is 2.61. The van der Waals surface area contributed by atoms with Gasteiger partial charge >= 0.3 is 10.4 Å². The van der Waals surface area contributed by atoms with E-state index in [1.165, 1.54) is 38.5 Å². The molecule has 24 heavy (non-hydrogen) atoms. The second kappa shape index (κ2) is 9.98. The summed E-state index contributed by atoms with van der Waals surface area (Å²) in [6.45, 7) is 2.11. The Kier molecular flexibility index (Phi) is 7.98. The van der Waals surface area contributed by atoms with Gasteiger partial charge in [-0.1, -0.05) is 68.0 Å². The van der Waals surface area contributed by atoms with E-state index in [1.807, 2.05) is 24.3 Å². The summed E-state index contributed by atoms with van der Waals surface area (Å²) in [5.74, 6) is 0.620. The lowest BCUT2D eigenvalue weighted by atomic mass is 10.0. The lowest BCUT2D eigenvalue weighted by Crippen LogP contribution is -2.35. The van der Waals surface area contributed by atoms with Crippen LogP contribution >= 0.6 is 0 Å². The van der Waals surface area contributed by atoms with Gasteiger partial charge in [-0.2, -0.15) is 8.42 Å². The van der Waals surface area contributed by atoms with Crippen molar-refractivity contribution in [2.24, 2.45) is 0 Å². The van der Waals surface area contributed by atoms with E-state index in [1.54, 1.807) is 0 Å². The van der Waals surface area contributed by atoms with Crippen LogP contribution in [0, 0.1) is 0 Å². The summed E-state index contributed by atoms with van der Waals surface area (Å²) in [5.41, 5.74) is 1.04. The van der Waals surface area contributed by atoms with Crippen molar-refractivity contribution in [3.63, 3.8) is 0 Å². The number of benzene rings is 1. The summed E-state index contributed by atoms with van der Waals surface area (Å²) in [5, 5.41) is 0. The van der Waals surface area contributed by atoms with Crippen LogP contribution in [0.5, 0.6) is 5.75 Å². The van der Waals surface area contributed by atoms with Gasteiger partial charge < -0.3 is 4.74 Å². The van der Waals surface area contributed by atoms with Gasteiger partial charge in [-0.15, -0.1) is 0 Å². The van der Waals surface area contributed by atoms with Crippen molar-refractivity contribution in [3.05, 3.63) is 29.8 Å². The minimum atomic E-state index is -4.14. The molecule has 0 saturated carbocycles. The topological polar surface area (TPSA) is 71.1 Å². The van der Waals surface area contributed by atoms with Crippen LogP contribution in [0.25, 0.3) is 0 Å². The molecule has 1 fully saturated rings. The first-order valence-corrected chi connectivity index (χ1v) is 9.93. The van der Waals surface area contributed by atoms with Crippen molar-refractivity contribution in [2.45, 2.75) is 64.6 Å². The van der Waals surface area contributed by atoms with E-state index in [0.29, 0.717) is 5.75 Å². The van der Waals surface area contributed by atoms with E-state index in [-0.39, 0.29) is 6.61 Å². The summed E-state index contributed by atoms with van der Waals surface area (Å²) >= 11 is 0. The van der Waals surface area contributed by atoms with E-state index in [9.17, 15) is 8.42 Å². The summed E-state index contributed by atoms with van der Waals surface area (Å²) in [6, 6.07) is 7.59. The molecule has 6 nitrogen and oxygen atoms in total. The highest BCUT2D eigenvalue weighted by Crippen LogP contribution is 2.24. The number of ether oxygens (including phenoxy) is 1. The molecule has 1 aromatic rings. The first-order valence-electron chi connectivity index (χ1n) is 8.59. The van der Waals surface area contributed by atoms with Crippen molar-refractivity contribution in [3.8, 4) is 5.75 Å². The number of hydrogen-bond donors (Lipinski definition) is 0. The number of hydrogen-bond acceptors (Lipinski definition) is 6. The average Bonchev–Trinajstić information content (AvgIpc) is 2.54. The van der Waals surface area contributed by atoms with Crippen LogP contribution in [0.4, 0.5) is 0 Å². The van der Waals surface area contributed by atoms with Crippen molar-refractivity contribution < 1.29 is 26.6 Å². The Morgan fingerprint density at radius 1 is 1.08 bits per heavy atom. The molecule has 136 valence electrons. The molecule has 1 aromatic carbocycles. The zero-order valence-corrected chi connectivity index (χ0v) is 14.9. The smallest absolute Gasteiger partial charge is 0.430 e. The third-order valence-electron chi connectivity index (χ3n) is 3.84. The Bertz CT molecular complexity index is 586. The van der Waals surface area contributed by atoms with E-state index in [4.69, 9.17) is 8.92 Å². The summed E-state index contributed by atoms with van der Waals surface area (Å²) in [6.07, 6.45) is 8.55. The largest absolute Gasteiger partial charge is 0.461 e.